The second-order valence-electron chi connectivity index (χ2n) is 4.82. The third-order valence-corrected chi connectivity index (χ3v) is 4.04. The van der Waals surface area contributed by atoms with E-state index in [2.05, 4.69) is 0 Å². The summed E-state index contributed by atoms with van der Waals surface area (Å²) in [6.07, 6.45) is 4.59. The smallest absolute Gasteiger partial charge is 0.0595 e. The van der Waals surface area contributed by atoms with E-state index in [1.807, 2.05) is 12.1 Å². The summed E-state index contributed by atoms with van der Waals surface area (Å²) in [4.78, 5) is 0. The predicted molar refractivity (Wildman–Crippen MR) is 74.4 cm³/mol. The molecule has 1 saturated heterocycles. The molecule has 0 aromatic heterocycles. The number of benzene rings is 1. The molecule has 1 aromatic carbocycles. The fourth-order valence-corrected chi connectivity index (χ4v) is 2.61. The summed E-state index contributed by atoms with van der Waals surface area (Å²) >= 11 is 11.8. The molecule has 4 heteroatoms. The van der Waals surface area contributed by atoms with Crippen LogP contribution >= 0.6 is 23.2 Å². The van der Waals surface area contributed by atoms with Gasteiger partial charge in [0.05, 0.1) is 22.3 Å². The third-order valence-electron chi connectivity index (χ3n) is 3.30. The van der Waals surface area contributed by atoms with E-state index in [-0.39, 0.29) is 6.10 Å². The molecule has 0 spiro atoms. The summed E-state index contributed by atoms with van der Waals surface area (Å²) < 4.78 is 5.54. The van der Waals surface area contributed by atoms with Gasteiger partial charge in [-0.2, -0.15) is 0 Å². The minimum absolute atomic E-state index is 0.341. The van der Waals surface area contributed by atoms with Crippen LogP contribution in [0.5, 0.6) is 0 Å². The molecule has 0 bridgehead atoms. The summed E-state index contributed by atoms with van der Waals surface area (Å²) in [5.74, 6) is 0. The Labute approximate surface area is 118 Å². The highest BCUT2D eigenvalue weighted by Crippen LogP contribution is 2.24. The Bertz CT molecular complexity index is 389. The highest BCUT2D eigenvalue weighted by atomic mass is 35.5. The lowest BCUT2D eigenvalue weighted by molar-refractivity contribution is 0.0813. The minimum Gasteiger partial charge on any atom is -0.393 e. The average molecular weight is 289 g/mol. The normalized spacial score (nSPS) is 21.2. The van der Waals surface area contributed by atoms with Crippen LogP contribution in [-0.4, -0.2) is 23.9 Å². The molecule has 1 aromatic rings. The first kappa shape index (κ1) is 14.1. The van der Waals surface area contributed by atoms with E-state index in [0.29, 0.717) is 22.6 Å². The van der Waals surface area contributed by atoms with Crippen molar-refractivity contribution in [3.63, 3.8) is 0 Å². The number of aliphatic hydroxyl groups excluding tert-OH is 1. The molecule has 1 aliphatic rings. The molecule has 2 rings (SSSR count). The Morgan fingerprint density at radius 3 is 2.83 bits per heavy atom. The average Bonchev–Trinajstić information content (AvgIpc) is 2.84. The van der Waals surface area contributed by atoms with Crippen molar-refractivity contribution in [2.45, 2.75) is 44.3 Å². The van der Waals surface area contributed by atoms with Crippen molar-refractivity contribution in [1.29, 1.82) is 0 Å². The van der Waals surface area contributed by atoms with Crippen molar-refractivity contribution in [3.8, 4) is 0 Å². The van der Waals surface area contributed by atoms with Gasteiger partial charge in [0.15, 0.2) is 0 Å². The minimum atomic E-state index is -0.341. The Kier molecular flexibility index (Phi) is 5.31. The molecule has 0 radical (unpaired) electrons. The van der Waals surface area contributed by atoms with E-state index in [1.165, 1.54) is 0 Å². The van der Waals surface area contributed by atoms with E-state index < -0.39 is 0 Å². The molecular formula is C14H18Cl2O2. The third kappa shape index (κ3) is 4.13. The summed E-state index contributed by atoms with van der Waals surface area (Å²) in [6.45, 7) is 0.869. The van der Waals surface area contributed by atoms with Gasteiger partial charge in [0.25, 0.3) is 0 Å². The first-order valence-electron chi connectivity index (χ1n) is 6.39. The fourth-order valence-electron chi connectivity index (χ4n) is 2.29. The van der Waals surface area contributed by atoms with Gasteiger partial charge in [-0.05, 0) is 49.8 Å². The van der Waals surface area contributed by atoms with Crippen LogP contribution in [0.1, 0.15) is 31.2 Å². The molecule has 2 nitrogen and oxygen atoms in total. The standard InChI is InChI=1S/C14H18Cl2O2/c15-13-6-3-10(9-14(13)16)8-11(17)4-5-12-2-1-7-18-12/h3,6,9,11-12,17H,1-2,4-5,7-8H2. The monoisotopic (exact) mass is 288 g/mol. The Morgan fingerprint density at radius 1 is 1.33 bits per heavy atom. The van der Waals surface area contributed by atoms with Gasteiger partial charge >= 0.3 is 0 Å². The van der Waals surface area contributed by atoms with Gasteiger partial charge in [-0.15, -0.1) is 0 Å². The van der Waals surface area contributed by atoms with Crippen LogP contribution < -0.4 is 0 Å². The molecule has 1 N–H and O–H groups in total. The van der Waals surface area contributed by atoms with Crippen LogP contribution in [-0.2, 0) is 11.2 Å². The number of rotatable bonds is 5. The molecule has 100 valence electrons. The first-order chi connectivity index (χ1) is 8.65. The zero-order valence-electron chi connectivity index (χ0n) is 10.2. The maximum absolute atomic E-state index is 9.99. The quantitative estimate of drug-likeness (QED) is 0.892. The number of hydrogen-bond acceptors (Lipinski definition) is 2. The highest BCUT2D eigenvalue weighted by Gasteiger charge is 2.17. The first-order valence-corrected chi connectivity index (χ1v) is 7.14. The largest absolute Gasteiger partial charge is 0.393 e. The van der Waals surface area contributed by atoms with Crippen LogP contribution in [0.3, 0.4) is 0 Å². The predicted octanol–water partition coefficient (Wildman–Crippen LogP) is 3.86. The highest BCUT2D eigenvalue weighted by molar-refractivity contribution is 6.42. The maximum Gasteiger partial charge on any atom is 0.0595 e. The molecule has 0 saturated carbocycles. The summed E-state index contributed by atoms with van der Waals surface area (Å²) in [5, 5.41) is 11.1. The van der Waals surface area contributed by atoms with Crippen molar-refractivity contribution in [2.75, 3.05) is 6.61 Å². The van der Waals surface area contributed by atoms with E-state index >= 15 is 0 Å². The van der Waals surface area contributed by atoms with Gasteiger partial charge in [0.1, 0.15) is 0 Å². The van der Waals surface area contributed by atoms with Crippen molar-refractivity contribution >= 4 is 23.2 Å². The van der Waals surface area contributed by atoms with E-state index in [9.17, 15) is 5.11 Å². The summed E-state index contributed by atoms with van der Waals surface area (Å²) in [6, 6.07) is 5.49. The molecule has 1 fully saturated rings. The van der Waals surface area contributed by atoms with Gasteiger partial charge in [0, 0.05) is 6.61 Å². The van der Waals surface area contributed by atoms with Crippen molar-refractivity contribution in [3.05, 3.63) is 33.8 Å². The van der Waals surface area contributed by atoms with E-state index in [1.54, 1.807) is 6.07 Å². The van der Waals surface area contributed by atoms with Gasteiger partial charge < -0.3 is 9.84 Å². The maximum atomic E-state index is 9.99. The molecule has 1 heterocycles. The molecule has 2 atom stereocenters. The number of halogens is 2. The molecular weight excluding hydrogens is 271 g/mol. The molecule has 1 aliphatic heterocycles. The second kappa shape index (κ2) is 6.76. The van der Waals surface area contributed by atoms with Crippen molar-refractivity contribution < 1.29 is 9.84 Å². The van der Waals surface area contributed by atoms with Crippen molar-refractivity contribution in [1.82, 2.24) is 0 Å². The topological polar surface area (TPSA) is 29.5 Å². The molecule has 18 heavy (non-hydrogen) atoms. The van der Waals surface area contributed by atoms with Gasteiger partial charge in [0.2, 0.25) is 0 Å². The lowest BCUT2D eigenvalue weighted by Gasteiger charge is -2.14. The van der Waals surface area contributed by atoms with Gasteiger partial charge in [-0.25, -0.2) is 0 Å². The number of aliphatic hydroxyl groups is 1. The molecule has 0 aliphatic carbocycles. The van der Waals surface area contributed by atoms with Crippen LogP contribution in [0.15, 0.2) is 18.2 Å². The zero-order valence-corrected chi connectivity index (χ0v) is 11.8. The van der Waals surface area contributed by atoms with Crippen LogP contribution in [0.2, 0.25) is 10.0 Å². The van der Waals surface area contributed by atoms with Gasteiger partial charge in [-0.1, -0.05) is 29.3 Å². The van der Waals surface area contributed by atoms with Gasteiger partial charge in [-0.3, -0.25) is 0 Å². The van der Waals surface area contributed by atoms with Crippen LogP contribution in [0.25, 0.3) is 0 Å². The van der Waals surface area contributed by atoms with Crippen LogP contribution in [0, 0.1) is 0 Å². The van der Waals surface area contributed by atoms with E-state index in [0.717, 1.165) is 37.9 Å². The summed E-state index contributed by atoms with van der Waals surface area (Å²) in [7, 11) is 0. The number of ether oxygens (including phenoxy) is 1. The summed E-state index contributed by atoms with van der Waals surface area (Å²) in [5.41, 5.74) is 1.02. The lowest BCUT2D eigenvalue weighted by atomic mass is 10.0. The SMILES string of the molecule is OC(CCC1CCCO1)Cc1ccc(Cl)c(Cl)c1. The zero-order chi connectivity index (χ0) is 13.0. The Hall–Kier alpha value is -0.280. The Balaban J connectivity index is 1.78. The molecule has 0 amide bonds. The second-order valence-corrected chi connectivity index (χ2v) is 5.63. The fraction of sp³-hybridized carbons (Fsp3) is 0.571. The number of hydrogen-bond donors (Lipinski definition) is 1. The van der Waals surface area contributed by atoms with E-state index in [4.69, 9.17) is 27.9 Å². The Morgan fingerprint density at radius 2 is 2.17 bits per heavy atom. The molecule has 2 unspecified atom stereocenters. The lowest BCUT2D eigenvalue weighted by Crippen LogP contribution is -2.14. The van der Waals surface area contributed by atoms with Crippen LogP contribution in [0.4, 0.5) is 0 Å². The van der Waals surface area contributed by atoms with Crippen molar-refractivity contribution in [2.24, 2.45) is 0 Å².